The molecular weight excluding hydrogens is 386 g/mol. The minimum absolute atomic E-state index is 0.452. The van der Waals surface area contributed by atoms with E-state index in [1.807, 2.05) is 12.1 Å². The largest absolute Gasteiger partial charge is 0.370 e. The molecule has 7 nitrogen and oxygen atoms in total. The minimum atomic E-state index is -3.33. The van der Waals surface area contributed by atoms with Gasteiger partial charge in [-0.05, 0) is 43.2 Å². The number of anilines is 2. The summed E-state index contributed by atoms with van der Waals surface area (Å²) < 4.78 is 25.6. The Morgan fingerprint density at radius 2 is 1.86 bits per heavy atom. The third kappa shape index (κ3) is 7.65. The molecule has 0 heterocycles. The smallest absolute Gasteiger partial charge is 0.229 e. The number of para-hydroxylation sites is 1. The van der Waals surface area contributed by atoms with Gasteiger partial charge in [0.25, 0.3) is 0 Å². The maximum absolute atomic E-state index is 11.5. The summed E-state index contributed by atoms with van der Waals surface area (Å²) in [4.78, 5) is 6.56. The van der Waals surface area contributed by atoms with Gasteiger partial charge in [-0.25, -0.2) is 8.42 Å². The Morgan fingerprint density at radius 1 is 1.10 bits per heavy atom. The van der Waals surface area contributed by atoms with Crippen LogP contribution in [0.5, 0.6) is 0 Å². The highest BCUT2D eigenvalue weighted by atomic mass is 32.2. The van der Waals surface area contributed by atoms with Gasteiger partial charge in [0, 0.05) is 38.9 Å². The lowest BCUT2D eigenvalue weighted by atomic mass is 10.2. The fourth-order valence-electron chi connectivity index (χ4n) is 2.98. The average molecular weight is 418 g/mol. The Kier molecular flexibility index (Phi) is 8.33. The predicted octanol–water partition coefficient (Wildman–Crippen LogP) is 2.56. The molecule has 158 valence electrons. The quantitative estimate of drug-likeness (QED) is 0.431. The Balaban J connectivity index is 1.90. The van der Waals surface area contributed by atoms with Crippen LogP contribution in [0.25, 0.3) is 0 Å². The third-order valence-corrected chi connectivity index (χ3v) is 5.00. The number of nitrogens with zero attached hydrogens (tertiary/aromatic N) is 2. The van der Waals surface area contributed by atoms with Crippen molar-refractivity contribution in [3.63, 3.8) is 0 Å². The summed E-state index contributed by atoms with van der Waals surface area (Å²) in [6.07, 6.45) is 1.14. The second kappa shape index (κ2) is 10.7. The van der Waals surface area contributed by atoms with Crippen molar-refractivity contribution >= 4 is 27.4 Å². The van der Waals surface area contributed by atoms with Crippen molar-refractivity contribution in [1.29, 1.82) is 0 Å². The lowest BCUT2D eigenvalue weighted by Crippen LogP contribution is -2.41. The molecule has 3 N–H and O–H groups in total. The van der Waals surface area contributed by atoms with Crippen molar-refractivity contribution in [3.05, 3.63) is 59.7 Å². The number of nitrogens with one attached hydrogen (secondary N) is 3. The molecule has 0 fully saturated rings. The van der Waals surface area contributed by atoms with E-state index in [1.165, 1.54) is 11.3 Å². The number of aryl methyl sites for hydroxylation is 1. The highest BCUT2D eigenvalue weighted by Crippen LogP contribution is 2.16. The maximum Gasteiger partial charge on any atom is 0.229 e. The summed E-state index contributed by atoms with van der Waals surface area (Å²) in [5, 5.41) is 6.55. The zero-order chi connectivity index (χ0) is 21.3. The van der Waals surface area contributed by atoms with Gasteiger partial charge in [0.1, 0.15) is 0 Å². The van der Waals surface area contributed by atoms with Crippen LogP contribution in [0.15, 0.2) is 53.5 Å². The van der Waals surface area contributed by atoms with E-state index < -0.39 is 10.0 Å². The summed E-state index contributed by atoms with van der Waals surface area (Å²) >= 11 is 0. The number of hydrogen-bond acceptors (Lipinski definition) is 4. The molecule has 2 aromatic carbocycles. The number of rotatable bonds is 9. The van der Waals surface area contributed by atoms with E-state index in [9.17, 15) is 8.42 Å². The molecule has 0 atom stereocenters. The van der Waals surface area contributed by atoms with Crippen molar-refractivity contribution in [3.8, 4) is 0 Å². The minimum Gasteiger partial charge on any atom is -0.370 e. The maximum atomic E-state index is 11.5. The highest BCUT2D eigenvalue weighted by molar-refractivity contribution is 7.92. The summed E-state index contributed by atoms with van der Waals surface area (Å²) in [5.74, 6) is 0.666. The zero-order valence-electron chi connectivity index (χ0n) is 17.6. The van der Waals surface area contributed by atoms with E-state index in [0.717, 1.165) is 31.5 Å². The molecular formula is C21H31N5O2S. The number of guanidine groups is 1. The van der Waals surface area contributed by atoms with Crippen molar-refractivity contribution < 1.29 is 8.42 Å². The molecule has 0 saturated heterocycles. The Labute approximate surface area is 174 Å². The van der Waals surface area contributed by atoms with Gasteiger partial charge in [-0.1, -0.05) is 30.3 Å². The van der Waals surface area contributed by atoms with Crippen molar-refractivity contribution in [2.24, 2.45) is 4.99 Å². The standard InChI is InChI=1S/C21H31N5O2S/c1-5-26(19-11-8-9-17(2)15-19)14-13-23-21(22-3)24-16-18-10-6-7-12-20(18)25-29(4,27)28/h6-12,15,25H,5,13-14,16H2,1-4H3,(H2,22,23,24). The summed E-state index contributed by atoms with van der Waals surface area (Å²) in [5.41, 5.74) is 3.86. The molecule has 0 spiro atoms. The first-order valence-electron chi connectivity index (χ1n) is 9.64. The van der Waals surface area contributed by atoms with Gasteiger partial charge in [-0.15, -0.1) is 0 Å². The second-order valence-corrected chi connectivity index (χ2v) is 8.55. The number of hydrogen-bond donors (Lipinski definition) is 3. The molecule has 0 aromatic heterocycles. The number of aliphatic imine (C=N–C) groups is 1. The molecule has 0 aliphatic heterocycles. The van der Waals surface area contributed by atoms with Gasteiger partial charge in [-0.3, -0.25) is 9.71 Å². The lowest BCUT2D eigenvalue weighted by Gasteiger charge is -2.24. The number of likely N-dealkylation sites (N-methyl/N-ethyl adjacent to an activating group) is 1. The first kappa shape index (κ1) is 22.5. The van der Waals surface area contributed by atoms with Crippen LogP contribution in [0.1, 0.15) is 18.1 Å². The van der Waals surface area contributed by atoms with Gasteiger partial charge in [0.2, 0.25) is 10.0 Å². The normalized spacial score (nSPS) is 11.8. The molecule has 8 heteroatoms. The van der Waals surface area contributed by atoms with Crippen LogP contribution in [0.2, 0.25) is 0 Å². The summed E-state index contributed by atoms with van der Waals surface area (Å²) in [7, 11) is -1.61. The van der Waals surface area contributed by atoms with Gasteiger partial charge >= 0.3 is 0 Å². The molecule has 0 amide bonds. The van der Waals surface area contributed by atoms with Crippen molar-refractivity contribution in [2.45, 2.75) is 20.4 Å². The highest BCUT2D eigenvalue weighted by Gasteiger charge is 2.08. The van der Waals surface area contributed by atoms with Crippen LogP contribution < -0.4 is 20.3 Å². The fraction of sp³-hybridized carbons (Fsp3) is 0.381. The van der Waals surface area contributed by atoms with Crippen molar-refractivity contribution in [1.82, 2.24) is 10.6 Å². The van der Waals surface area contributed by atoms with E-state index in [2.05, 4.69) is 63.4 Å². The Morgan fingerprint density at radius 3 is 2.52 bits per heavy atom. The number of benzene rings is 2. The van der Waals surface area contributed by atoms with E-state index in [4.69, 9.17) is 0 Å². The third-order valence-electron chi connectivity index (χ3n) is 4.41. The molecule has 0 bridgehead atoms. The molecule has 0 saturated carbocycles. The number of sulfonamides is 1. The van der Waals surface area contributed by atoms with Crippen molar-refractivity contribution in [2.75, 3.05) is 42.6 Å². The molecule has 0 radical (unpaired) electrons. The zero-order valence-corrected chi connectivity index (χ0v) is 18.4. The molecule has 2 aromatic rings. The van der Waals surface area contributed by atoms with Gasteiger partial charge < -0.3 is 15.5 Å². The predicted molar refractivity (Wildman–Crippen MR) is 122 cm³/mol. The van der Waals surface area contributed by atoms with E-state index in [0.29, 0.717) is 18.2 Å². The molecule has 0 aliphatic rings. The van der Waals surface area contributed by atoms with Gasteiger partial charge in [-0.2, -0.15) is 0 Å². The van der Waals surface area contributed by atoms with Crippen LogP contribution in [0.3, 0.4) is 0 Å². The molecule has 29 heavy (non-hydrogen) atoms. The Bertz CT molecular complexity index is 928. The van der Waals surface area contributed by atoms with Crippen LogP contribution in [-0.2, 0) is 16.6 Å². The second-order valence-electron chi connectivity index (χ2n) is 6.80. The van der Waals surface area contributed by atoms with Gasteiger partial charge in [0.15, 0.2) is 5.96 Å². The van der Waals surface area contributed by atoms with E-state index in [1.54, 1.807) is 19.2 Å². The monoisotopic (exact) mass is 417 g/mol. The molecule has 2 rings (SSSR count). The molecule has 0 aliphatic carbocycles. The SMILES string of the molecule is CCN(CCNC(=NC)NCc1ccccc1NS(C)(=O)=O)c1cccc(C)c1. The Hall–Kier alpha value is -2.74. The summed E-state index contributed by atoms with van der Waals surface area (Å²) in [6, 6.07) is 15.8. The first-order valence-corrected chi connectivity index (χ1v) is 11.5. The van der Waals surface area contributed by atoms with E-state index >= 15 is 0 Å². The van der Waals surface area contributed by atoms with Crippen LogP contribution in [0, 0.1) is 6.92 Å². The topological polar surface area (TPSA) is 85.8 Å². The average Bonchev–Trinajstić information content (AvgIpc) is 2.67. The van der Waals surface area contributed by atoms with Crippen LogP contribution >= 0.6 is 0 Å². The van der Waals surface area contributed by atoms with Crippen LogP contribution in [-0.4, -0.2) is 47.3 Å². The van der Waals surface area contributed by atoms with E-state index in [-0.39, 0.29) is 0 Å². The lowest BCUT2D eigenvalue weighted by molar-refractivity contribution is 0.606. The first-order chi connectivity index (χ1) is 13.8. The van der Waals surface area contributed by atoms with Crippen LogP contribution in [0.4, 0.5) is 11.4 Å². The fourth-order valence-corrected chi connectivity index (χ4v) is 3.58. The summed E-state index contributed by atoms with van der Waals surface area (Å²) in [6.45, 7) is 7.17. The van der Waals surface area contributed by atoms with Gasteiger partial charge in [0.05, 0.1) is 11.9 Å². The molecule has 0 unspecified atom stereocenters.